The summed E-state index contributed by atoms with van der Waals surface area (Å²) in [7, 11) is 0. The Balaban J connectivity index is 2.07. The molecule has 0 unspecified atom stereocenters. The van der Waals surface area contributed by atoms with Crippen molar-refractivity contribution < 1.29 is 0 Å². The van der Waals surface area contributed by atoms with Crippen LogP contribution in [0.4, 0.5) is 5.69 Å². The van der Waals surface area contributed by atoms with Crippen LogP contribution in [-0.2, 0) is 0 Å². The summed E-state index contributed by atoms with van der Waals surface area (Å²) in [5.74, 6) is 0. The molecule has 1 N–H and O–H groups in total. The number of hydrogen-bond acceptors (Lipinski definition) is 2. The van der Waals surface area contributed by atoms with Crippen LogP contribution in [0.15, 0.2) is 6.07 Å². The van der Waals surface area contributed by atoms with Gasteiger partial charge >= 0.3 is 0 Å². The molecule has 1 aliphatic rings. The van der Waals surface area contributed by atoms with Gasteiger partial charge in [0, 0.05) is 6.04 Å². The first-order valence-corrected chi connectivity index (χ1v) is 7.22. The second-order valence-electron chi connectivity index (χ2n) is 6.01. The van der Waals surface area contributed by atoms with Crippen LogP contribution in [-0.4, -0.2) is 11.0 Å². The molecule has 1 fully saturated rings. The first-order valence-electron chi connectivity index (χ1n) is 6.46. The fraction of sp³-hybridized carbons (Fsp3) is 0.643. The van der Waals surface area contributed by atoms with Crippen molar-refractivity contribution in [2.24, 2.45) is 5.41 Å². The van der Waals surface area contributed by atoms with E-state index in [-0.39, 0.29) is 0 Å². The molecule has 0 bridgehead atoms. The number of nitrogens with zero attached hydrogens (tertiary/aromatic N) is 1. The third-order valence-electron chi connectivity index (χ3n) is 3.83. The van der Waals surface area contributed by atoms with Crippen molar-refractivity contribution in [2.45, 2.75) is 52.5 Å². The first kappa shape index (κ1) is 14.0. The van der Waals surface area contributed by atoms with E-state index >= 15 is 0 Å². The molecular weight excluding hydrogens is 267 g/mol. The molecule has 0 atom stereocenters. The van der Waals surface area contributed by atoms with Crippen molar-refractivity contribution in [3.05, 3.63) is 21.9 Å². The van der Waals surface area contributed by atoms with Gasteiger partial charge in [0.05, 0.1) is 5.69 Å². The summed E-state index contributed by atoms with van der Waals surface area (Å²) in [4.78, 5) is 4.10. The lowest BCUT2D eigenvalue weighted by atomic mass is 9.75. The molecule has 1 aromatic heterocycles. The lowest BCUT2D eigenvalue weighted by Crippen LogP contribution is -2.30. The maximum absolute atomic E-state index is 6.15. The van der Waals surface area contributed by atoms with Crippen LogP contribution in [0, 0.1) is 12.3 Å². The normalized spacial score (nSPS) is 19.8. The van der Waals surface area contributed by atoms with E-state index in [1.807, 2.05) is 13.0 Å². The van der Waals surface area contributed by atoms with Crippen LogP contribution in [0.5, 0.6) is 0 Å². The number of aryl methyl sites for hydroxylation is 1. The zero-order valence-corrected chi connectivity index (χ0v) is 12.7. The lowest BCUT2D eigenvalue weighted by molar-refractivity contribution is 0.232. The maximum Gasteiger partial charge on any atom is 0.154 e. The van der Waals surface area contributed by atoms with Crippen LogP contribution < -0.4 is 5.32 Å². The SMILES string of the molecule is Cc1cc(Cl)nc(Cl)c1NC1CCC(C)(C)CC1. The van der Waals surface area contributed by atoms with E-state index < -0.39 is 0 Å². The van der Waals surface area contributed by atoms with Gasteiger partial charge in [-0.15, -0.1) is 0 Å². The van der Waals surface area contributed by atoms with E-state index in [9.17, 15) is 0 Å². The highest BCUT2D eigenvalue weighted by molar-refractivity contribution is 6.34. The number of halogens is 2. The second-order valence-corrected chi connectivity index (χ2v) is 6.76. The summed E-state index contributed by atoms with van der Waals surface area (Å²) < 4.78 is 0. The zero-order valence-electron chi connectivity index (χ0n) is 11.2. The average Bonchev–Trinajstić information content (AvgIpc) is 2.25. The first-order chi connectivity index (χ1) is 8.37. The van der Waals surface area contributed by atoms with Crippen molar-refractivity contribution >= 4 is 28.9 Å². The fourth-order valence-electron chi connectivity index (χ4n) is 2.52. The Morgan fingerprint density at radius 2 is 1.89 bits per heavy atom. The minimum atomic E-state index is 0.452. The molecule has 1 aromatic rings. The molecular formula is C14H20Cl2N2. The minimum absolute atomic E-state index is 0.452. The Labute approximate surface area is 119 Å². The Morgan fingerprint density at radius 3 is 2.44 bits per heavy atom. The predicted octanol–water partition coefficient (Wildman–Crippen LogP) is 5.08. The number of rotatable bonds is 2. The maximum atomic E-state index is 6.15. The van der Waals surface area contributed by atoms with Gasteiger partial charge < -0.3 is 5.32 Å². The molecule has 0 aliphatic heterocycles. The Kier molecular flexibility index (Phi) is 4.08. The number of pyridine rings is 1. The molecule has 2 rings (SSSR count). The summed E-state index contributed by atoms with van der Waals surface area (Å²) in [5.41, 5.74) is 2.48. The Bertz CT molecular complexity index is 410. The van der Waals surface area contributed by atoms with Crippen LogP contribution >= 0.6 is 23.2 Å². The molecule has 4 heteroatoms. The molecule has 18 heavy (non-hydrogen) atoms. The molecule has 2 nitrogen and oxygen atoms in total. The van der Waals surface area contributed by atoms with Gasteiger partial charge in [-0.05, 0) is 49.7 Å². The monoisotopic (exact) mass is 286 g/mol. The number of anilines is 1. The molecule has 1 aliphatic carbocycles. The summed E-state index contributed by atoms with van der Waals surface area (Å²) in [6, 6.07) is 2.35. The number of aromatic nitrogens is 1. The standard InChI is InChI=1S/C14H20Cl2N2/c1-9-8-11(15)18-13(16)12(9)17-10-4-6-14(2,3)7-5-10/h8,10,17H,4-7H2,1-3H3. The third kappa shape index (κ3) is 3.30. The van der Waals surface area contributed by atoms with Crippen LogP contribution in [0.3, 0.4) is 0 Å². The van der Waals surface area contributed by atoms with Gasteiger partial charge in [0.2, 0.25) is 0 Å². The molecule has 0 spiro atoms. The van der Waals surface area contributed by atoms with Gasteiger partial charge in [0.15, 0.2) is 5.15 Å². The molecule has 0 saturated heterocycles. The van der Waals surface area contributed by atoms with E-state index in [1.54, 1.807) is 0 Å². The van der Waals surface area contributed by atoms with E-state index in [4.69, 9.17) is 23.2 Å². The van der Waals surface area contributed by atoms with Crippen molar-refractivity contribution in [1.82, 2.24) is 4.98 Å². The zero-order chi connectivity index (χ0) is 13.3. The van der Waals surface area contributed by atoms with Crippen LogP contribution in [0.2, 0.25) is 10.3 Å². The number of nitrogens with one attached hydrogen (secondary N) is 1. The van der Waals surface area contributed by atoms with Gasteiger partial charge in [0.1, 0.15) is 5.15 Å². The highest BCUT2D eigenvalue weighted by Gasteiger charge is 2.27. The fourth-order valence-corrected chi connectivity index (χ4v) is 3.10. The lowest BCUT2D eigenvalue weighted by Gasteiger charge is -2.35. The van der Waals surface area contributed by atoms with Crippen LogP contribution in [0.1, 0.15) is 45.1 Å². The highest BCUT2D eigenvalue weighted by atomic mass is 35.5. The minimum Gasteiger partial charge on any atom is -0.380 e. The summed E-state index contributed by atoms with van der Waals surface area (Å²) >= 11 is 12.0. The molecule has 1 heterocycles. The van der Waals surface area contributed by atoms with Gasteiger partial charge in [0.25, 0.3) is 0 Å². The Hall–Kier alpha value is -0.470. The Morgan fingerprint density at radius 1 is 1.28 bits per heavy atom. The summed E-state index contributed by atoms with van der Waals surface area (Å²) in [6.07, 6.45) is 4.88. The largest absolute Gasteiger partial charge is 0.380 e. The molecule has 0 amide bonds. The number of hydrogen-bond donors (Lipinski definition) is 1. The predicted molar refractivity (Wildman–Crippen MR) is 78.7 cm³/mol. The van der Waals surface area contributed by atoms with Gasteiger partial charge in [-0.2, -0.15) is 0 Å². The average molecular weight is 287 g/mol. The highest BCUT2D eigenvalue weighted by Crippen LogP contribution is 2.37. The molecule has 0 radical (unpaired) electrons. The van der Waals surface area contributed by atoms with E-state index in [0.717, 1.165) is 11.3 Å². The smallest absolute Gasteiger partial charge is 0.154 e. The van der Waals surface area contributed by atoms with Gasteiger partial charge in [-0.25, -0.2) is 4.98 Å². The molecule has 1 saturated carbocycles. The summed E-state index contributed by atoms with van der Waals surface area (Å²) in [5, 5.41) is 4.46. The summed E-state index contributed by atoms with van der Waals surface area (Å²) in [6.45, 7) is 6.69. The van der Waals surface area contributed by atoms with Crippen molar-refractivity contribution in [1.29, 1.82) is 0 Å². The van der Waals surface area contributed by atoms with Crippen molar-refractivity contribution in [3.8, 4) is 0 Å². The van der Waals surface area contributed by atoms with Gasteiger partial charge in [-0.3, -0.25) is 0 Å². The van der Waals surface area contributed by atoms with E-state index in [0.29, 0.717) is 21.8 Å². The van der Waals surface area contributed by atoms with E-state index in [1.165, 1.54) is 25.7 Å². The van der Waals surface area contributed by atoms with Crippen molar-refractivity contribution in [3.63, 3.8) is 0 Å². The second kappa shape index (κ2) is 5.26. The molecule has 0 aromatic carbocycles. The van der Waals surface area contributed by atoms with Crippen molar-refractivity contribution in [2.75, 3.05) is 5.32 Å². The topological polar surface area (TPSA) is 24.9 Å². The van der Waals surface area contributed by atoms with Gasteiger partial charge in [-0.1, -0.05) is 37.0 Å². The third-order valence-corrected chi connectivity index (χ3v) is 4.30. The molecule has 100 valence electrons. The quantitative estimate of drug-likeness (QED) is 0.767. The van der Waals surface area contributed by atoms with E-state index in [2.05, 4.69) is 24.1 Å². The van der Waals surface area contributed by atoms with Crippen LogP contribution in [0.25, 0.3) is 0 Å².